The summed E-state index contributed by atoms with van der Waals surface area (Å²) in [4.78, 5) is 24.6. The van der Waals surface area contributed by atoms with Gasteiger partial charge in [0.1, 0.15) is 0 Å². The van der Waals surface area contributed by atoms with Gasteiger partial charge in [0, 0.05) is 35.3 Å². The van der Waals surface area contributed by atoms with Crippen molar-refractivity contribution < 1.29 is 9.59 Å². The number of hydrogen-bond acceptors (Lipinski definition) is 2. The van der Waals surface area contributed by atoms with Gasteiger partial charge in [-0.05, 0) is 61.1 Å². The molecule has 0 atom stereocenters. The Morgan fingerprint density at radius 3 is 1.50 bits per heavy atom. The van der Waals surface area contributed by atoms with Crippen LogP contribution in [-0.4, -0.2) is 24.9 Å². The molecule has 0 aliphatic heterocycles. The van der Waals surface area contributed by atoms with E-state index in [0.717, 1.165) is 36.8 Å². The van der Waals surface area contributed by atoms with E-state index >= 15 is 0 Å². The van der Waals surface area contributed by atoms with E-state index in [0.29, 0.717) is 24.2 Å². The highest BCUT2D eigenvalue weighted by Gasteiger charge is 2.05. The molecule has 178 valence electrons. The summed E-state index contributed by atoms with van der Waals surface area (Å²) in [5, 5.41) is 5.92. The Morgan fingerprint density at radius 1 is 0.647 bits per heavy atom. The second-order valence-corrected chi connectivity index (χ2v) is 8.29. The van der Waals surface area contributed by atoms with Crippen molar-refractivity contribution in [2.75, 3.05) is 13.1 Å². The van der Waals surface area contributed by atoms with Gasteiger partial charge in [-0.25, -0.2) is 0 Å². The van der Waals surface area contributed by atoms with Crippen molar-refractivity contribution in [2.45, 2.75) is 65.2 Å². The minimum atomic E-state index is -0.0771. The smallest absolute Gasteiger partial charge is 0.251 e. The molecule has 0 radical (unpaired) electrons. The fraction of sp³-hybridized carbons (Fsp3) is 0.400. The summed E-state index contributed by atoms with van der Waals surface area (Å²) in [7, 11) is 0. The summed E-state index contributed by atoms with van der Waals surface area (Å²) in [6.07, 6.45) is 9.00. The van der Waals surface area contributed by atoms with Crippen LogP contribution in [0.4, 0.5) is 0 Å². The van der Waals surface area contributed by atoms with Crippen LogP contribution in [0.5, 0.6) is 0 Å². The molecular formula is C30H36N2O2. The van der Waals surface area contributed by atoms with E-state index < -0.39 is 0 Å². The number of amides is 2. The van der Waals surface area contributed by atoms with Crippen LogP contribution in [0, 0.1) is 23.7 Å². The van der Waals surface area contributed by atoms with Crippen molar-refractivity contribution in [2.24, 2.45) is 0 Å². The zero-order valence-electron chi connectivity index (χ0n) is 20.5. The maximum absolute atomic E-state index is 12.3. The predicted octanol–water partition coefficient (Wildman–Crippen LogP) is 5.71. The van der Waals surface area contributed by atoms with Gasteiger partial charge in [0.2, 0.25) is 0 Å². The molecule has 0 saturated heterocycles. The van der Waals surface area contributed by atoms with Crippen LogP contribution in [0.2, 0.25) is 0 Å². The molecule has 0 heterocycles. The van der Waals surface area contributed by atoms with Gasteiger partial charge >= 0.3 is 0 Å². The van der Waals surface area contributed by atoms with Gasteiger partial charge < -0.3 is 10.6 Å². The predicted molar refractivity (Wildman–Crippen MR) is 140 cm³/mol. The molecule has 4 heteroatoms. The third kappa shape index (κ3) is 10.4. The molecule has 2 aromatic rings. The summed E-state index contributed by atoms with van der Waals surface area (Å²) in [5.74, 6) is 11.5. The Hall–Kier alpha value is -3.50. The molecule has 34 heavy (non-hydrogen) atoms. The topological polar surface area (TPSA) is 58.2 Å². The molecule has 0 unspecified atom stereocenters. The van der Waals surface area contributed by atoms with Crippen LogP contribution in [0.3, 0.4) is 0 Å². The number of rotatable bonds is 12. The van der Waals surface area contributed by atoms with Gasteiger partial charge in [-0.1, -0.05) is 76.3 Å². The molecule has 0 aromatic heterocycles. The van der Waals surface area contributed by atoms with Crippen LogP contribution in [0.25, 0.3) is 0 Å². The first kappa shape index (κ1) is 26.7. The molecule has 0 saturated carbocycles. The minimum Gasteiger partial charge on any atom is -0.352 e. The number of nitrogens with one attached hydrogen (secondary N) is 2. The second kappa shape index (κ2) is 16.2. The van der Waals surface area contributed by atoms with Crippen LogP contribution in [0.1, 0.15) is 97.1 Å². The summed E-state index contributed by atoms with van der Waals surface area (Å²) < 4.78 is 0. The van der Waals surface area contributed by atoms with Gasteiger partial charge in [-0.3, -0.25) is 9.59 Å². The molecule has 0 aliphatic rings. The van der Waals surface area contributed by atoms with E-state index in [1.54, 1.807) is 24.3 Å². The van der Waals surface area contributed by atoms with E-state index in [9.17, 15) is 9.59 Å². The van der Waals surface area contributed by atoms with Gasteiger partial charge in [-0.15, -0.1) is 0 Å². The third-order valence-corrected chi connectivity index (χ3v) is 5.36. The number of carbonyl (C=O) groups is 2. The van der Waals surface area contributed by atoms with Gasteiger partial charge in [0.05, 0.1) is 0 Å². The highest BCUT2D eigenvalue weighted by Crippen LogP contribution is 2.06. The summed E-state index contributed by atoms with van der Waals surface area (Å²) >= 11 is 0. The van der Waals surface area contributed by atoms with Crippen LogP contribution in [0.15, 0.2) is 48.5 Å². The molecule has 2 amide bonds. The highest BCUT2D eigenvalue weighted by molar-refractivity contribution is 5.95. The van der Waals surface area contributed by atoms with E-state index in [4.69, 9.17) is 0 Å². The molecule has 0 fully saturated rings. The van der Waals surface area contributed by atoms with E-state index in [1.807, 2.05) is 24.3 Å². The lowest BCUT2D eigenvalue weighted by Crippen LogP contribution is -2.24. The van der Waals surface area contributed by atoms with E-state index in [-0.39, 0.29) is 11.8 Å². The average Bonchev–Trinajstić information content (AvgIpc) is 2.86. The maximum Gasteiger partial charge on any atom is 0.251 e. The molecular weight excluding hydrogens is 420 g/mol. The lowest BCUT2D eigenvalue weighted by molar-refractivity contribution is 0.0944. The number of hydrogen-bond donors (Lipinski definition) is 2. The van der Waals surface area contributed by atoms with Crippen LogP contribution >= 0.6 is 0 Å². The SMILES string of the molecule is CCCCCCNC(=O)c1cccc(C#CC#Cc2cccc(C(=O)NCCCCCC)c2)c1. The standard InChI is InChI=1S/C30H36N2O2/c1-3-5-7-11-21-31-29(33)27-19-13-17-25(23-27)15-9-10-16-26-18-14-20-28(24-26)30(34)32-22-12-8-6-4-2/h13-14,17-20,23-24H,3-8,11-12,21-22H2,1-2H3,(H,31,33)(H,32,34). The Kier molecular flexibility index (Phi) is 12.7. The zero-order valence-corrected chi connectivity index (χ0v) is 20.5. The zero-order chi connectivity index (χ0) is 24.4. The number of benzene rings is 2. The Morgan fingerprint density at radius 2 is 1.09 bits per heavy atom. The Bertz CT molecular complexity index is 965. The van der Waals surface area contributed by atoms with Crippen molar-refractivity contribution in [3.05, 3.63) is 70.8 Å². The number of unbranched alkanes of at least 4 members (excludes halogenated alkanes) is 6. The second-order valence-electron chi connectivity index (χ2n) is 8.29. The lowest BCUT2D eigenvalue weighted by atomic mass is 10.1. The van der Waals surface area contributed by atoms with Crippen LogP contribution in [-0.2, 0) is 0 Å². The highest BCUT2D eigenvalue weighted by atomic mass is 16.2. The fourth-order valence-electron chi connectivity index (χ4n) is 3.39. The summed E-state index contributed by atoms with van der Waals surface area (Å²) in [6, 6.07) is 14.5. The molecule has 2 rings (SSSR count). The molecule has 4 nitrogen and oxygen atoms in total. The number of carbonyl (C=O) groups excluding carboxylic acids is 2. The Labute approximate surface area is 204 Å². The Balaban J connectivity index is 1.91. The monoisotopic (exact) mass is 456 g/mol. The first-order valence-corrected chi connectivity index (χ1v) is 12.4. The molecule has 2 aromatic carbocycles. The molecule has 0 aliphatic carbocycles. The lowest BCUT2D eigenvalue weighted by Gasteiger charge is -2.05. The van der Waals surface area contributed by atoms with Gasteiger partial charge in [0.15, 0.2) is 0 Å². The minimum absolute atomic E-state index is 0.0771. The van der Waals surface area contributed by atoms with Crippen LogP contribution < -0.4 is 10.6 Å². The maximum atomic E-state index is 12.3. The molecule has 2 N–H and O–H groups in total. The van der Waals surface area contributed by atoms with Crippen molar-refractivity contribution in [1.82, 2.24) is 10.6 Å². The average molecular weight is 457 g/mol. The first-order chi connectivity index (χ1) is 16.6. The fourth-order valence-corrected chi connectivity index (χ4v) is 3.39. The normalized spacial score (nSPS) is 9.82. The summed E-state index contributed by atoms with van der Waals surface area (Å²) in [5.41, 5.74) is 2.68. The van der Waals surface area contributed by atoms with Crippen molar-refractivity contribution in [3.63, 3.8) is 0 Å². The van der Waals surface area contributed by atoms with Crippen molar-refractivity contribution >= 4 is 11.8 Å². The molecule has 0 bridgehead atoms. The van der Waals surface area contributed by atoms with Gasteiger partial charge in [-0.2, -0.15) is 0 Å². The molecule has 0 spiro atoms. The van der Waals surface area contributed by atoms with Crippen molar-refractivity contribution in [3.8, 4) is 23.7 Å². The quantitative estimate of drug-likeness (QED) is 0.317. The van der Waals surface area contributed by atoms with Crippen molar-refractivity contribution in [1.29, 1.82) is 0 Å². The van der Waals surface area contributed by atoms with E-state index in [1.165, 1.54) is 25.7 Å². The van der Waals surface area contributed by atoms with E-state index in [2.05, 4.69) is 48.2 Å². The largest absolute Gasteiger partial charge is 0.352 e. The third-order valence-electron chi connectivity index (χ3n) is 5.36. The van der Waals surface area contributed by atoms with Gasteiger partial charge in [0.25, 0.3) is 11.8 Å². The first-order valence-electron chi connectivity index (χ1n) is 12.4. The summed E-state index contributed by atoms with van der Waals surface area (Å²) in [6.45, 7) is 5.72.